The molecular formula is C8H12N. The Hall–Kier alpha value is -0.330. The van der Waals surface area contributed by atoms with E-state index in [9.17, 15) is 0 Å². The Bertz CT molecular complexity index is 125. The molecule has 1 saturated carbocycles. The van der Waals surface area contributed by atoms with E-state index >= 15 is 0 Å². The van der Waals surface area contributed by atoms with Gasteiger partial charge >= 0.3 is 0 Å². The Kier molecular flexibility index (Phi) is 1.29. The highest BCUT2D eigenvalue weighted by Gasteiger charge is 2.27. The Morgan fingerprint density at radius 1 is 1.22 bits per heavy atom. The van der Waals surface area contributed by atoms with Crippen molar-refractivity contribution in [1.29, 1.82) is 0 Å². The molecule has 0 bridgehead atoms. The van der Waals surface area contributed by atoms with Gasteiger partial charge in [0.2, 0.25) is 0 Å². The maximum Gasteiger partial charge on any atom is 0.0562 e. The highest BCUT2D eigenvalue weighted by Crippen LogP contribution is 2.34. The van der Waals surface area contributed by atoms with Crippen LogP contribution in [0.2, 0.25) is 0 Å². The second kappa shape index (κ2) is 2.13. The lowest BCUT2D eigenvalue weighted by molar-refractivity contribution is 0.263. The average molecular weight is 122 g/mol. The zero-order valence-electron chi connectivity index (χ0n) is 5.64. The fraction of sp³-hybridized carbons (Fsp3) is 0.875. The van der Waals surface area contributed by atoms with Gasteiger partial charge in [-0.25, -0.2) is 0 Å². The van der Waals surface area contributed by atoms with E-state index in [4.69, 9.17) is 0 Å². The molecule has 0 N–H and O–H groups in total. The van der Waals surface area contributed by atoms with Crippen LogP contribution in [0.1, 0.15) is 32.1 Å². The predicted molar refractivity (Wildman–Crippen MR) is 37.8 cm³/mol. The summed E-state index contributed by atoms with van der Waals surface area (Å²) in [6, 6.07) is 0.679. The van der Waals surface area contributed by atoms with Crippen LogP contribution < -0.4 is 0 Å². The minimum absolute atomic E-state index is 0.679. The van der Waals surface area contributed by atoms with Gasteiger partial charge in [0.15, 0.2) is 0 Å². The average Bonchev–Trinajstić information content (AvgIpc) is 2.11. The summed E-state index contributed by atoms with van der Waals surface area (Å²) in [6.07, 6.45) is 9.74. The van der Waals surface area contributed by atoms with E-state index in [0.29, 0.717) is 6.04 Å². The van der Waals surface area contributed by atoms with Crippen molar-refractivity contribution >= 4 is 6.21 Å². The first-order chi connectivity index (χ1) is 4.47. The maximum absolute atomic E-state index is 4.31. The molecule has 49 valence electrons. The van der Waals surface area contributed by atoms with Crippen LogP contribution >= 0.6 is 0 Å². The van der Waals surface area contributed by atoms with E-state index < -0.39 is 0 Å². The lowest BCUT2D eigenvalue weighted by atomic mass is 9.79. The highest BCUT2D eigenvalue weighted by atomic mass is 14.8. The van der Waals surface area contributed by atoms with E-state index in [1.807, 2.05) is 0 Å². The quantitative estimate of drug-likeness (QED) is 0.503. The predicted octanol–water partition coefficient (Wildman–Crippen LogP) is 1.90. The zero-order chi connectivity index (χ0) is 6.10. The molecule has 1 heterocycles. The molecule has 1 unspecified atom stereocenters. The van der Waals surface area contributed by atoms with Gasteiger partial charge in [-0.3, -0.25) is 4.99 Å². The monoisotopic (exact) mass is 122 g/mol. The number of hydrogen-bond acceptors (Lipinski definition) is 1. The summed E-state index contributed by atoms with van der Waals surface area (Å²) in [7, 11) is 0. The van der Waals surface area contributed by atoms with Crippen molar-refractivity contribution in [1.82, 2.24) is 0 Å². The molecule has 1 nitrogen and oxygen atoms in total. The Morgan fingerprint density at radius 2 is 2.11 bits per heavy atom. The first-order valence-corrected chi connectivity index (χ1v) is 3.89. The summed E-state index contributed by atoms with van der Waals surface area (Å²) in [5.74, 6) is 0.944. The molecule has 9 heavy (non-hydrogen) atoms. The molecule has 1 radical (unpaired) electrons. The van der Waals surface area contributed by atoms with Crippen LogP contribution in [0.15, 0.2) is 4.99 Å². The lowest BCUT2D eigenvalue weighted by Crippen LogP contribution is -2.23. The van der Waals surface area contributed by atoms with Crippen molar-refractivity contribution < 1.29 is 0 Å². The minimum atomic E-state index is 0.679. The molecule has 0 aromatic rings. The molecule has 0 aromatic carbocycles. The van der Waals surface area contributed by atoms with Gasteiger partial charge in [-0.15, -0.1) is 0 Å². The first-order valence-electron chi connectivity index (χ1n) is 3.89. The summed E-state index contributed by atoms with van der Waals surface area (Å²) in [5, 5.41) is 0. The SMILES string of the molecule is [C]1=NC(C2CCC2)CC1. The number of aliphatic imine (C=N–C) groups is 1. The Morgan fingerprint density at radius 3 is 2.56 bits per heavy atom. The molecule has 1 aliphatic heterocycles. The summed E-state index contributed by atoms with van der Waals surface area (Å²) in [4.78, 5) is 4.31. The molecule has 1 fully saturated rings. The smallest absolute Gasteiger partial charge is 0.0562 e. The van der Waals surface area contributed by atoms with Crippen molar-refractivity contribution in [3.8, 4) is 0 Å². The maximum atomic E-state index is 4.31. The van der Waals surface area contributed by atoms with E-state index in [2.05, 4.69) is 11.2 Å². The summed E-state index contributed by atoms with van der Waals surface area (Å²) < 4.78 is 0. The van der Waals surface area contributed by atoms with Gasteiger partial charge in [-0.2, -0.15) is 0 Å². The Balaban J connectivity index is 1.89. The van der Waals surface area contributed by atoms with Crippen molar-refractivity contribution in [3.63, 3.8) is 0 Å². The van der Waals surface area contributed by atoms with Gasteiger partial charge in [-0.05, 0) is 31.6 Å². The molecule has 2 rings (SSSR count). The van der Waals surface area contributed by atoms with Gasteiger partial charge < -0.3 is 0 Å². The summed E-state index contributed by atoms with van der Waals surface area (Å²) >= 11 is 0. The van der Waals surface area contributed by atoms with E-state index in [1.54, 1.807) is 0 Å². The topological polar surface area (TPSA) is 12.4 Å². The van der Waals surface area contributed by atoms with Crippen molar-refractivity contribution in [3.05, 3.63) is 0 Å². The molecule has 0 spiro atoms. The third-order valence-corrected chi connectivity index (χ3v) is 2.50. The molecule has 1 atom stereocenters. The van der Waals surface area contributed by atoms with Crippen LogP contribution in [-0.4, -0.2) is 12.3 Å². The van der Waals surface area contributed by atoms with Crippen molar-refractivity contribution in [2.75, 3.05) is 0 Å². The van der Waals surface area contributed by atoms with Crippen molar-refractivity contribution in [2.24, 2.45) is 10.9 Å². The van der Waals surface area contributed by atoms with Gasteiger partial charge in [0.1, 0.15) is 0 Å². The van der Waals surface area contributed by atoms with Crippen LogP contribution in [0.4, 0.5) is 0 Å². The van der Waals surface area contributed by atoms with Crippen LogP contribution in [0.3, 0.4) is 0 Å². The summed E-state index contributed by atoms with van der Waals surface area (Å²) in [5.41, 5.74) is 0. The second-order valence-electron chi connectivity index (χ2n) is 3.08. The number of rotatable bonds is 1. The number of nitrogens with zero attached hydrogens (tertiary/aromatic N) is 1. The minimum Gasteiger partial charge on any atom is -0.284 e. The lowest BCUT2D eigenvalue weighted by Gasteiger charge is -2.29. The van der Waals surface area contributed by atoms with E-state index in [1.165, 1.54) is 25.7 Å². The molecule has 0 amide bonds. The Labute approximate surface area is 56.2 Å². The highest BCUT2D eigenvalue weighted by molar-refractivity contribution is 5.59. The van der Waals surface area contributed by atoms with Gasteiger partial charge in [0.05, 0.1) is 12.3 Å². The van der Waals surface area contributed by atoms with Crippen LogP contribution in [-0.2, 0) is 0 Å². The van der Waals surface area contributed by atoms with Crippen LogP contribution in [0.25, 0.3) is 0 Å². The fourth-order valence-corrected chi connectivity index (χ4v) is 1.62. The molecule has 1 aliphatic carbocycles. The largest absolute Gasteiger partial charge is 0.284 e. The zero-order valence-corrected chi connectivity index (χ0v) is 5.64. The second-order valence-corrected chi connectivity index (χ2v) is 3.08. The van der Waals surface area contributed by atoms with Gasteiger partial charge in [0.25, 0.3) is 0 Å². The van der Waals surface area contributed by atoms with Crippen molar-refractivity contribution in [2.45, 2.75) is 38.1 Å². The van der Waals surface area contributed by atoms with Gasteiger partial charge in [-0.1, -0.05) is 6.42 Å². The third kappa shape index (κ3) is 0.887. The van der Waals surface area contributed by atoms with Crippen LogP contribution in [0.5, 0.6) is 0 Å². The standard InChI is InChI=1S/C8H12N/c1-3-7(4-1)8-5-2-6-9-8/h7-8H,1-5H2. The number of hydrogen-bond donors (Lipinski definition) is 0. The summed E-state index contributed by atoms with van der Waals surface area (Å²) in [6.45, 7) is 0. The van der Waals surface area contributed by atoms with Crippen LogP contribution in [0, 0.1) is 5.92 Å². The molecular weight excluding hydrogens is 110 g/mol. The van der Waals surface area contributed by atoms with Gasteiger partial charge in [0, 0.05) is 0 Å². The molecule has 0 saturated heterocycles. The third-order valence-electron chi connectivity index (χ3n) is 2.50. The van der Waals surface area contributed by atoms with E-state index in [-0.39, 0.29) is 0 Å². The molecule has 2 aliphatic rings. The normalized spacial score (nSPS) is 34.9. The van der Waals surface area contributed by atoms with E-state index in [0.717, 1.165) is 12.3 Å². The first kappa shape index (κ1) is 5.45. The molecule has 0 aromatic heterocycles. The molecule has 1 heteroatoms. The fourth-order valence-electron chi connectivity index (χ4n) is 1.62.